The molecule has 21 heavy (non-hydrogen) atoms. The van der Waals surface area contributed by atoms with Crippen LogP contribution in [-0.4, -0.2) is 18.2 Å². The van der Waals surface area contributed by atoms with Crippen molar-refractivity contribution in [2.24, 2.45) is 0 Å². The van der Waals surface area contributed by atoms with E-state index in [-0.39, 0.29) is 11.4 Å². The third kappa shape index (κ3) is 3.98. The summed E-state index contributed by atoms with van der Waals surface area (Å²) in [4.78, 5) is 11.8. The van der Waals surface area contributed by atoms with Gasteiger partial charge in [0.15, 0.2) is 0 Å². The maximum atomic E-state index is 13.8. The van der Waals surface area contributed by atoms with E-state index in [2.05, 4.69) is 15.9 Å². The normalized spacial score (nSPS) is 10.4. The zero-order chi connectivity index (χ0) is 15.4. The van der Waals surface area contributed by atoms with Crippen molar-refractivity contribution < 1.29 is 19.0 Å². The summed E-state index contributed by atoms with van der Waals surface area (Å²) in [6, 6.07) is 9.73. The summed E-state index contributed by atoms with van der Waals surface area (Å²) in [7, 11) is 1.48. The first-order valence-corrected chi connectivity index (χ1v) is 7.77. The van der Waals surface area contributed by atoms with E-state index in [1.807, 2.05) is 0 Å². The summed E-state index contributed by atoms with van der Waals surface area (Å²) in [5.74, 6) is -0.452. The number of aromatic carboxylic acids is 1. The zero-order valence-electron chi connectivity index (χ0n) is 11.1. The SMILES string of the molecule is COc1ccc(CSc2ccc(Br)c(C(=O)O)c2)c(F)c1. The third-order valence-corrected chi connectivity index (χ3v) is 4.56. The fraction of sp³-hybridized carbons (Fsp3) is 0.133. The molecule has 0 bridgehead atoms. The Morgan fingerprint density at radius 1 is 1.33 bits per heavy atom. The van der Waals surface area contributed by atoms with Crippen LogP contribution in [-0.2, 0) is 5.75 Å². The summed E-state index contributed by atoms with van der Waals surface area (Å²) >= 11 is 4.57. The van der Waals surface area contributed by atoms with Crippen LogP contribution in [0, 0.1) is 5.82 Å². The lowest BCUT2D eigenvalue weighted by molar-refractivity contribution is 0.0695. The molecule has 0 saturated carbocycles. The van der Waals surface area contributed by atoms with Crippen molar-refractivity contribution in [3.8, 4) is 5.75 Å². The van der Waals surface area contributed by atoms with E-state index in [9.17, 15) is 9.18 Å². The number of rotatable bonds is 5. The van der Waals surface area contributed by atoms with Crippen LogP contribution in [0.3, 0.4) is 0 Å². The van der Waals surface area contributed by atoms with Gasteiger partial charge in [0.2, 0.25) is 0 Å². The lowest BCUT2D eigenvalue weighted by Gasteiger charge is -2.07. The quantitative estimate of drug-likeness (QED) is 0.782. The average molecular weight is 371 g/mol. The van der Waals surface area contributed by atoms with E-state index in [0.717, 1.165) is 4.90 Å². The van der Waals surface area contributed by atoms with Gasteiger partial charge in [-0.3, -0.25) is 0 Å². The van der Waals surface area contributed by atoms with Crippen LogP contribution in [0.5, 0.6) is 5.75 Å². The van der Waals surface area contributed by atoms with Gasteiger partial charge in [-0.1, -0.05) is 6.07 Å². The first-order chi connectivity index (χ1) is 10.0. The Kier molecular flexibility index (Phi) is 5.25. The second kappa shape index (κ2) is 6.95. The minimum Gasteiger partial charge on any atom is -0.497 e. The van der Waals surface area contributed by atoms with Crippen molar-refractivity contribution in [2.75, 3.05) is 7.11 Å². The number of hydrogen-bond donors (Lipinski definition) is 1. The number of ether oxygens (including phenoxy) is 1. The van der Waals surface area contributed by atoms with Gasteiger partial charge in [0.05, 0.1) is 12.7 Å². The number of halogens is 2. The molecule has 0 atom stereocenters. The summed E-state index contributed by atoms with van der Waals surface area (Å²) in [6.07, 6.45) is 0. The number of methoxy groups -OCH3 is 1. The van der Waals surface area contributed by atoms with Crippen molar-refractivity contribution in [1.29, 1.82) is 0 Å². The van der Waals surface area contributed by atoms with E-state index in [1.54, 1.807) is 30.3 Å². The molecule has 0 unspecified atom stereocenters. The standard InChI is InChI=1S/C15H12BrFO3S/c1-20-10-3-2-9(14(17)6-10)8-21-11-4-5-13(16)12(7-11)15(18)19/h2-7H,8H2,1H3,(H,18,19). The average Bonchev–Trinajstić information content (AvgIpc) is 2.47. The van der Waals surface area contributed by atoms with Crippen molar-refractivity contribution in [1.82, 2.24) is 0 Å². The Morgan fingerprint density at radius 2 is 2.10 bits per heavy atom. The molecule has 0 aliphatic heterocycles. The molecule has 0 fully saturated rings. The predicted octanol–water partition coefficient (Wildman–Crippen LogP) is 4.59. The molecule has 0 aliphatic rings. The molecule has 2 aromatic carbocycles. The molecule has 2 aromatic rings. The smallest absolute Gasteiger partial charge is 0.336 e. The van der Waals surface area contributed by atoms with Crippen LogP contribution in [0.15, 0.2) is 45.8 Å². The molecule has 0 spiro atoms. The van der Waals surface area contributed by atoms with Gasteiger partial charge < -0.3 is 9.84 Å². The summed E-state index contributed by atoms with van der Waals surface area (Å²) in [5.41, 5.74) is 0.732. The van der Waals surface area contributed by atoms with Crippen LogP contribution < -0.4 is 4.74 Å². The summed E-state index contributed by atoms with van der Waals surface area (Å²) in [6.45, 7) is 0. The molecule has 6 heteroatoms. The number of carbonyl (C=O) groups is 1. The lowest BCUT2D eigenvalue weighted by Crippen LogP contribution is -1.97. The number of carboxylic acid groups (broad SMARTS) is 1. The Bertz CT molecular complexity index is 676. The van der Waals surface area contributed by atoms with Crippen molar-refractivity contribution in [2.45, 2.75) is 10.6 Å². The molecule has 0 aromatic heterocycles. The van der Waals surface area contributed by atoms with Crippen molar-refractivity contribution in [3.63, 3.8) is 0 Å². The predicted molar refractivity (Wildman–Crippen MR) is 83.6 cm³/mol. The minimum atomic E-state index is -1.00. The Morgan fingerprint density at radius 3 is 2.71 bits per heavy atom. The highest BCUT2D eigenvalue weighted by molar-refractivity contribution is 9.10. The van der Waals surface area contributed by atoms with Gasteiger partial charge in [-0.25, -0.2) is 9.18 Å². The zero-order valence-corrected chi connectivity index (χ0v) is 13.5. The highest BCUT2D eigenvalue weighted by atomic mass is 79.9. The number of carboxylic acids is 1. The highest BCUT2D eigenvalue weighted by Crippen LogP contribution is 2.29. The first-order valence-electron chi connectivity index (χ1n) is 5.99. The van der Waals surface area contributed by atoms with E-state index >= 15 is 0 Å². The fourth-order valence-electron chi connectivity index (χ4n) is 1.69. The second-order valence-corrected chi connectivity index (χ2v) is 6.10. The number of thioether (sulfide) groups is 1. The molecule has 0 radical (unpaired) electrons. The molecule has 2 rings (SSSR count). The number of benzene rings is 2. The maximum Gasteiger partial charge on any atom is 0.336 e. The largest absolute Gasteiger partial charge is 0.497 e. The Labute approximate surface area is 134 Å². The van der Waals surface area contributed by atoms with Crippen LogP contribution in [0.1, 0.15) is 15.9 Å². The van der Waals surface area contributed by atoms with E-state index in [0.29, 0.717) is 21.5 Å². The van der Waals surface area contributed by atoms with Gasteiger partial charge in [0, 0.05) is 21.2 Å². The minimum absolute atomic E-state index is 0.190. The Balaban J connectivity index is 2.13. The highest BCUT2D eigenvalue weighted by Gasteiger charge is 2.10. The van der Waals surface area contributed by atoms with Gasteiger partial charge in [0.1, 0.15) is 11.6 Å². The van der Waals surface area contributed by atoms with Crippen LogP contribution in [0.25, 0.3) is 0 Å². The summed E-state index contributed by atoms with van der Waals surface area (Å²) < 4.78 is 19.3. The van der Waals surface area contributed by atoms with Gasteiger partial charge in [-0.05, 0) is 45.8 Å². The fourth-order valence-corrected chi connectivity index (χ4v) is 3.03. The van der Waals surface area contributed by atoms with Gasteiger partial charge >= 0.3 is 5.97 Å². The molecule has 0 aliphatic carbocycles. The molecule has 0 amide bonds. The van der Waals surface area contributed by atoms with Gasteiger partial charge in [-0.15, -0.1) is 11.8 Å². The molecular weight excluding hydrogens is 359 g/mol. The lowest BCUT2D eigenvalue weighted by atomic mass is 10.2. The van der Waals surface area contributed by atoms with Crippen LogP contribution in [0.4, 0.5) is 4.39 Å². The molecule has 0 saturated heterocycles. The first kappa shape index (κ1) is 15.9. The van der Waals surface area contributed by atoms with Crippen molar-refractivity contribution >= 4 is 33.7 Å². The monoisotopic (exact) mass is 370 g/mol. The Hall–Kier alpha value is -1.53. The van der Waals surface area contributed by atoms with Gasteiger partial charge in [-0.2, -0.15) is 0 Å². The topological polar surface area (TPSA) is 46.5 Å². The van der Waals surface area contributed by atoms with Crippen molar-refractivity contribution in [3.05, 3.63) is 57.8 Å². The van der Waals surface area contributed by atoms with Gasteiger partial charge in [0.25, 0.3) is 0 Å². The van der Waals surface area contributed by atoms with E-state index in [1.165, 1.54) is 24.9 Å². The molecule has 1 N–H and O–H groups in total. The van der Waals surface area contributed by atoms with Crippen LogP contribution >= 0.6 is 27.7 Å². The summed E-state index contributed by atoms with van der Waals surface area (Å²) in [5, 5.41) is 9.06. The molecule has 0 heterocycles. The number of hydrogen-bond acceptors (Lipinski definition) is 3. The second-order valence-electron chi connectivity index (χ2n) is 4.19. The van der Waals surface area contributed by atoms with E-state index in [4.69, 9.17) is 9.84 Å². The maximum absolute atomic E-state index is 13.8. The van der Waals surface area contributed by atoms with Crippen LogP contribution in [0.2, 0.25) is 0 Å². The third-order valence-electron chi connectivity index (χ3n) is 2.82. The molecule has 110 valence electrons. The van der Waals surface area contributed by atoms with E-state index < -0.39 is 5.97 Å². The molecule has 3 nitrogen and oxygen atoms in total. The molecular formula is C15H12BrFO3S.